The average molecular weight is 192 g/mol. The number of rotatable bonds is 3. The summed E-state index contributed by atoms with van der Waals surface area (Å²) < 4.78 is 30.5. The molecule has 0 amide bonds. The molecule has 0 aliphatic rings. The van der Waals surface area contributed by atoms with E-state index in [1.807, 2.05) is 0 Å². The van der Waals surface area contributed by atoms with Crippen molar-refractivity contribution in [3.63, 3.8) is 0 Å². The minimum absolute atomic E-state index is 0.102. The minimum atomic E-state index is -3.94. The minimum Gasteiger partial charge on any atom is -0.285 e. The van der Waals surface area contributed by atoms with E-state index in [2.05, 4.69) is 0 Å². The molecule has 0 spiro atoms. The highest BCUT2D eigenvalue weighted by molar-refractivity contribution is 7.86. The van der Waals surface area contributed by atoms with E-state index in [1.165, 1.54) is 0 Å². The quantitative estimate of drug-likeness (QED) is 0.548. The van der Waals surface area contributed by atoms with Gasteiger partial charge in [-0.25, -0.2) is 0 Å². The van der Waals surface area contributed by atoms with Crippen molar-refractivity contribution in [1.82, 2.24) is 0 Å². The molecule has 1 N–H and O–H groups in total. The van der Waals surface area contributed by atoms with Crippen molar-refractivity contribution in [2.24, 2.45) is 5.92 Å². The van der Waals surface area contributed by atoms with Gasteiger partial charge in [0.15, 0.2) is 0 Å². The molecule has 0 radical (unpaired) electrons. The predicted molar refractivity (Wildman–Crippen MR) is 49.6 cm³/mol. The zero-order chi connectivity index (χ0) is 9.94. The van der Waals surface area contributed by atoms with E-state index in [-0.39, 0.29) is 5.92 Å². The van der Waals surface area contributed by atoms with Gasteiger partial charge in [0.05, 0.1) is 0 Å². The van der Waals surface area contributed by atoms with Gasteiger partial charge in [0, 0.05) is 0 Å². The average Bonchev–Trinajstić information content (AvgIpc) is 1.79. The fourth-order valence-electron chi connectivity index (χ4n) is 0.951. The predicted octanol–water partition coefficient (Wildman–Crippen LogP) is 1.87. The van der Waals surface area contributed by atoms with Crippen molar-refractivity contribution in [3.8, 4) is 0 Å². The molecule has 0 saturated carbocycles. The molecule has 72 valence electrons. The second-order valence-corrected chi connectivity index (χ2v) is 5.04. The molecule has 0 saturated heterocycles. The molecule has 0 rings (SSSR count). The Morgan fingerprint density at radius 2 is 1.75 bits per heavy atom. The molecular formula is C8H16O3S. The highest BCUT2D eigenvalue weighted by atomic mass is 32.2. The molecular weight excluding hydrogens is 176 g/mol. The first-order valence-corrected chi connectivity index (χ1v) is 5.36. The van der Waals surface area contributed by atoms with Crippen LogP contribution in [0.15, 0.2) is 11.6 Å². The molecule has 0 bridgehead atoms. The van der Waals surface area contributed by atoms with E-state index in [4.69, 9.17) is 4.55 Å². The monoisotopic (exact) mass is 192 g/mol. The summed E-state index contributed by atoms with van der Waals surface area (Å²) in [4.78, 5) is 0. The lowest BCUT2D eigenvalue weighted by Gasteiger charge is -2.13. The Bertz CT molecular complexity index is 258. The van der Waals surface area contributed by atoms with Crippen LogP contribution in [0, 0.1) is 5.92 Å². The van der Waals surface area contributed by atoms with Gasteiger partial charge < -0.3 is 0 Å². The summed E-state index contributed by atoms with van der Waals surface area (Å²) >= 11 is 0. The van der Waals surface area contributed by atoms with Gasteiger partial charge in [-0.1, -0.05) is 25.5 Å². The van der Waals surface area contributed by atoms with Gasteiger partial charge in [-0.3, -0.25) is 4.55 Å². The van der Waals surface area contributed by atoms with Gasteiger partial charge in [-0.15, -0.1) is 0 Å². The first kappa shape index (κ1) is 11.6. The molecule has 0 aromatic rings. The third kappa shape index (κ3) is 3.88. The van der Waals surface area contributed by atoms with Gasteiger partial charge in [0.2, 0.25) is 0 Å². The first-order chi connectivity index (χ1) is 5.25. The molecule has 3 nitrogen and oxygen atoms in total. The van der Waals surface area contributed by atoms with E-state index >= 15 is 0 Å². The van der Waals surface area contributed by atoms with Crippen LogP contribution in [0.25, 0.3) is 0 Å². The van der Waals surface area contributed by atoms with E-state index in [9.17, 15) is 8.42 Å². The van der Waals surface area contributed by atoms with Crippen LogP contribution in [0.5, 0.6) is 0 Å². The fourth-order valence-corrected chi connectivity index (χ4v) is 2.08. The SMILES string of the molecule is CC(C)=CC(C(C)C)S(=O)(=O)O. The van der Waals surface area contributed by atoms with Crippen LogP contribution < -0.4 is 0 Å². The zero-order valence-corrected chi connectivity index (χ0v) is 8.72. The lowest BCUT2D eigenvalue weighted by molar-refractivity contribution is 0.458. The molecule has 0 heterocycles. The Balaban J connectivity index is 4.83. The van der Waals surface area contributed by atoms with Crippen LogP contribution in [0.1, 0.15) is 27.7 Å². The van der Waals surface area contributed by atoms with Crippen molar-refractivity contribution in [1.29, 1.82) is 0 Å². The Morgan fingerprint density at radius 1 is 1.33 bits per heavy atom. The van der Waals surface area contributed by atoms with E-state index < -0.39 is 15.4 Å². The van der Waals surface area contributed by atoms with E-state index in [0.29, 0.717) is 0 Å². The first-order valence-electron chi connectivity index (χ1n) is 3.86. The zero-order valence-electron chi connectivity index (χ0n) is 7.90. The van der Waals surface area contributed by atoms with Crippen molar-refractivity contribution in [2.45, 2.75) is 32.9 Å². The fraction of sp³-hybridized carbons (Fsp3) is 0.750. The van der Waals surface area contributed by atoms with E-state index in [1.54, 1.807) is 33.8 Å². The topological polar surface area (TPSA) is 54.4 Å². The van der Waals surface area contributed by atoms with Gasteiger partial charge in [0.1, 0.15) is 5.25 Å². The maximum Gasteiger partial charge on any atom is 0.271 e. The number of allylic oxidation sites excluding steroid dienone is 1. The molecule has 4 heteroatoms. The summed E-state index contributed by atoms with van der Waals surface area (Å²) in [5, 5.41) is -0.775. The second-order valence-electron chi connectivity index (χ2n) is 3.47. The third-order valence-electron chi connectivity index (χ3n) is 1.50. The van der Waals surface area contributed by atoms with Crippen LogP contribution in [0.4, 0.5) is 0 Å². The van der Waals surface area contributed by atoms with Crippen molar-refractivity contribution in [3.05, 3.63) is 11.6 Å². The summed E-state index contributed by atoms with van der Waals surface area (Å²) in [6.45, 7) is 7.14. The molecule has 0 aromatic carbocycles. The van der Waals surface area contributed by atoms with Crippen LogP contribution in [-0.4, -0.2) is 18.2 Å². The molecule has 12 heavy (non-hydrogen) atoms. The van der Waals surface area contributed by atoms with Crippen molar-refractivity contribution in [2.75, 3.05) is 0 Å². The number of hydrogen-bond acceptors (Lipinski definition) is 2. The maximum atomic E-state index is 10.8. The standard InChI is InChI=1S/C8H16O3S/c1-6(2)5-8(7(3)4)12(9,10)11/h5,7-8H,1-4H3,(H,9,10,11). The van der Waals surface area contributed by atoms with Crippen LogP contribution in [0.3, 0.4) is 0 Å². The Labute approximate surface area is 74.2 Å². The third-order valence-corrected chi connectivity index (χ3v) is 2.87. The van der Waals surface area contributed by atoms with Gasteiger partial charge in [-0.05, 0) is 19.8 Å². The molecule has 0 aromatic heterocycles. The summed E-state index contributed by atoms with van der Waals surface area (Å²) in [6, 6.07) is 0. The summed E-state index contributed by atoms with van der Waals surface area (Å²) in [6.07, 6.45) is 1.57. The highest BCUT2D eigenvalue weighted by Crippen LogP contribution is 2.14. The van der Waals surface area contributed by atoms with Gasteiger partial charge in [-0.2, -0.15) is 8.42 Å². The van der Waals surface area contributed by atoms with Crippen LogP contribution >= 0.6 is 0 Å². The lowest BCUT2D eigenvalue weighted by Crippen LogP contribution is -2.24. The highest BCUT2D eigenvalue weighted by Gasteiger charge is 2.23. The van der Waals surface area contributed by atoms with Crippen LogP contribution in [-0.2, 0) is 10.1 Å². The molecule has 0 fully saturated rings. The lowest BCUT2D eigenvalue weighted by atomic mass is 10.1. The largest absolute Gasteiger partial charge is 0.285 e. The Kier molecular flexibility index (Phi) is 3.93. The maximum absolute atomic E-state index is 10.8. The smallest absolute Gasteiger partial charge is 0.271 e. The Morgan fingerprint density at radius 3 is 1.83 bits per heavy atom. The Hall–Kier alpha value is -0.350. The van der Waals surface area contributed by atoms with Crippen molar-refractivity contribution < 1.29 is 13.0 Å². The molecule has 1 atom stereocenters. The summed E-state index contributed by atoms with van der Waals surface area (Å²) in [7, 11) is -3.94. The summed E-state index contributed by atoms with van der Waals surface area (Å²) in [5.41, 5.74) is 0.895. The molecule has 1 unspecified atom stereocenters. The van der Waals surface area contributed by atoms with Gasteiger partial charge in [0.25, 0.3) is 10.1 Å². The number of hydrogen-bond donors (Lipinski definition) is 1. The normalized spacial score (nSPS) is 14.5. The van der Waals surface area contributed by atoms with Crippen molar-refractivity contribution >= 4 is 10.1 Å². The van der Waals surface area contributed by atoms with E-state index in [0.717, 1.165) is 5.57 Å². The second kappa shape index (κ2) is 4.05. The van der Waals surface area contributed by atoms with Crippen LogP contribution in [0.2, 0.25) is 0 Å². The van der Waals surface area contributed by atoms with Gasteiger partial charge >= 0.3 is 0 Å². The molecule has 0 aliphatic carbocycles. The summed E-state index contributed by atoms with van der Waals surface area (Å²) in [5.74, 6) is -0.102. The molecule has 0 aliphatic heterocycles.